The Bertz CT molecular complexity index is 607. The Hall–Kier alpha value is -0.710. The van der Waals surface area contributed by atoms with Crippen molar-refractivity contribution in [1.82, 2.24) is 9.97 Å². The van der Waals surface area contributed by atoms with Gasteiger partial charge in [0, 0.05) is 12.0 Å². The fourth-order valence-electron chi connectivity index (χ4n) is 2.25. The molecule has 18 heavy (non-hydrogen) atoms. The zero-order chi connectivity index (χ0) is 12.9. The largest absolute Gasteiger partial charge is 0.373 e. The number of fused-ring (bicyclic) bond motifs is 1. The second-order valence-corrected chi connectivity index (χ2v) is 6.39. The maximum Gasteiger partial charge on any atom is 0.160 e. The first-order chi connectivity index (χ1) is 8.61. The van der Waals surface area contributed by atoms with Gasteiger partial charge >= 0.3 is 0 Å². The maximum atomic E-state index is 6.31. The van der Waals surface area contributed by atoms with Crippen molar-refractivity contribution in [2.45, 2.75) is 32.8 Å². The van der Waals surface area contributed by atoms with Crippen LogP contribution in [0.2, 0.25) is 5.15 Å². The van der Waals surface area contributed by atoms with Crippen LogP contribution in [0.4, 0.5) is 0 Å². The highest BCUT2D eigenvalue weighted by Crippen LogP contribution is 2.43. The summed E-state index contributed by atoms with van der Waals surface area (Å²) in [6, 6.07) is 0. The molecule has 0 saturated heterocycles. The second-order valence-electron chi connectivity index (χ2n) is 4.83. The van der Waals surface area contributed by atoms with Gasteiger partial charge in [0.1, 0.15) is 16.1 Å². The SMILES string of the molecule is COC(c1nc(Cl)c2c(C)c(C)sc2n1)C1CC1. The lowest BCUT2D eigenvalue weighted by atomic mass is 10.2. The summed E-state index contributed by atoms with van der Waals surface area (Å²) in [4.78, 5) is 11.3. The van der Waals surface area contributed by atoms with E-state index in [-0.39, 0.29) is 6.10 Å². The van der Waals surface area contributed by atoms with Crippen LogP contribution in [0, 0.1) is 19.8 Å². The summed E-state index contributed by atoms with van der Waals surface area (Å²) < 4.78 is 5.52. The molecular weight excluding hydrogens is 268 g/mol. The molecule has 2 heterocycles. The maximum absolute atomic E-state index is 6.31. The number of nitrogens with zero attached hydrogens (tertiary/aromatic N) is 2. The number of hydrogen-bond donors (Lipinski definition) is 0. The van der Waals surface area contributed by atoms with Crippen LogP contribution in [-0.2, 0) is 4.74 Å². The Labute approximate surface area is 115 Å². The molecule has 0 bridgehead atoms. The average molecular weight is 283 g/mol. The van der Waals surface area contributed by atoms with Crippen LogP contribution < -0.4 is 0 Å². The molecule has 1 aliphatic rings. The quantitative estimate of drug-likeness (QED) is 0.796. The molecule has 0 spiro atoms. The molecule has 0 aromatic carbocycles. The molecule has 1 fully saturated rings. The molecular formula is C13H15ClN2OS. The minimum absolute atomic E-state index is 0.00499. The third-order valence-corrected chi connectivity index (χ3v) is 4.94. The number of ether oxygens (including phenoxy) is 1. The molecule has 1 aliphatic carbocycles. The molecule has 3 rings (SSSR count). The standard InChI is InChI=1S/C13H15ClN2OS/c1-6-7(2)18-13-9(6)11(14)15-12(16-13)10(17-3)8-4-5-8/h8,10H,4-5H2,1-3H3. The fraction of sp³-hybridized carbons (Fsp3) is 0.538. The Kier molecular flexibility index (Phi) is 3.04. The van der Waals surface area contributed by atoms with Gasteiger partial charge in [-0.2, -0.15) is 0 Å². The van der Waals surface area contributed by atoms with Crippen molar-refractivity contribution < 1.29 is 4.74 Å². The average Bonchev–Trinajstić information content (AvgIpc) is 3.09. The molecule has 2 aromatic heterocycles. The van der Waals surface area contributed by atoms with Gasteiger partial charge in [0.25, 0.3) is 0 Å². The molecule has 2 aromatic rings. The minimum Gasteiger partial charge on any atom is -0.373 e. The first-order valence-electron chi connectivity index (χ1n) is 6.07. The van der Waals surface area contributed by atoms with Crippen LogP contribution in [-0.4, -0.2) is 17.1 Å². The van der Waals surface area contributed by atoms with E-state index in [1.165, 1.54) is 23.3 Å². The van der Waals surface area contributed by atoms with Crippen molar-refractivity contribution in [3.8, 4) is 0 Å². The summed E-state index contributed by atoms with van der Waals surface area (Å²) in [6.07, 6.45) is 2.38. The topological polar surface area (TPSA) is 35.0 Å². The van der Waals surface area contributed by atoms with Gasteiger partial charge in [-0.1, -0.05) is 11.6 Å². The van der Waals surface area contributed by atoms with Crippen molar-refractivity contribution in [3.63, 3.8) is 0 Å². The Balaban J connectivity index is 2.14. The van der Waals surface area contributed by atoms with E-state index < -0.39 is 0 Å². The number of halogens is 1. The van der Waals surface area contributed by atoms with E-state index in [9.17, 15) is 0 Å². The van der Waals surface area contributed by atoms with Crippen LogP contribution in [0.15, 0.2) is 0 Å². The van der Waals surface area contributed by atoms with E-state index in [0.717, 1.165) is 16.0 Å². The monoisotopic (exact) mass is 282 g/mol. The van der Waals surface area contributed by atoms with Crippen LogP contribution >= 0.6 is 22.9 Å². The van der Waals surface area contributed by atoms with Gasteiger partial charge < -0.3 is 4.74 Å². The van der Waals surface area contributed by atoms with E-state index in [1.807, 2.05) is 0 Å². The fourth-order valence-corrected chi connectivity index (χ4v) is 3.66. The molecule has 0 radical (unpaired) electrons. The lowest BCUT2D eigenvalue weighted by molar-refractivity contribution is 0.0775. The molecule has 0 aliphatic heterocycles. The molecule has 1 atom stereocenters. The molecule has 1 unspecified atom stereocenters. The van der Waals surface area contributed by atoms with E-state index in [1.54, 1.807) is 18.4 Å². The highest BCUT2D eigenvalue weighted by molar-refractivity contribution is 7.18. The Morgan fingerprint density at radius 1 is 1.33 bits per heavy atom. The highest BCUT2D eigenvalue weighted by atomic mass is 35.5. The van der Waals surface area contributed by atoms with Crippen LogP contribution in [0.3, 0.4) is 0 Å². The predicted octanol–water partition coefficient (Wildman–Crippen LogP) is 4.06. The molecule has 1 saturated carbocycles. The number of aromatic nitrogens is 2. The van der Waals surface area contributed by atoms with Crippen molar-refractivity contribution >= 4 is 33.2 Å². The van der Waals surface area contributed by atoms with Crippen LogP contribution in [0.25, 0.3) is 10.2 Å². The molecule has 96 valence electrons. The van der Waals surface area contributed by atoms with Gasteiger partial charge in [-0.15, -0.1) is 11.3 Å². The van der Waals surface area contributed by atoms with Crippen LogP contribution in [0.5, 0.6) is 0 Å². The van der Waals surface area contributed by atoms with Crippen LogP contribution in [0.1, 0.15) is 35.2 Å². The van der Waals surface area contributed by atoms with Crippen molar-refractivity contribution in [2.24, 2.45) is 5.92 Å². The summed E-state index contributed by atoms with van der Waals surface area (Å²) in [5.74, 6) is 1.30. The summed E-state index contributed by atoms with van der Waals surface area (Å²) in [6.45, 7) is 4.16. The van der Waals surface area contributed by atoms with Crippen molar-refractivity contribution in [2.75, 3.05) is 7.11 Å². The van der Waals surface area contributed by atoms with Gasteiger partial charge in [0.2, 0.25) is 0 Å². The number of rotatable bonds is 3. The second kappa shape index (κ2) is 4.44. The first-order valence-corrected chi connectivity index (χ1v) is 7.27. The number of aryl methyl sites for hydroxylation is 2. The molecule has 0 N–H and O–H groups in total. The lowest BCUT2D eigenvalue weighted by Crippen LogP contribution is -2.08. The van der Waals surface area contributed by atoms with Crippen molar-refractivity contribution in [3.05, 3.63) is 21.4 Å². The molecule has 3 nitrogen and oxygen atoms in total. The summed E-state index contributed by atoms with van der Waals surface area (Å²) in [7, 11) is 1.72. The van der Waals surface area contributed by atoms with Gasteiger partial charge in [-0.3, -0.25) is 0 Å². The van der Waals surface area contributed by atoms with E-state index in [2.05, 4.69) is 23.8 Å². The van der Waals surface area contributed by atoms with Gasteiger partial charge in [0.05, 0.1) is 5.39 Å². The molecule has 5 heteroatoms. The van der Waals surface area contributed by atoms with Gasteiger partial charge in [0.15, 0.2) is 5.82 Å². The smallest absolute Gasteiger partial charge is 0.160 e. The van der Waals surface area contributed by atoms with E-state index in [4.69, 9.17) is 16.3 Å². The first kappa shape index (κ1) is 12.3. The number of methoxy groups -OCH3 is 1. The van der Waals surface area contributed by atoms with Crippen molar-refractivity contribution in [1.29, 1.82) is 0 Å². The van der Waals surface area contributed by atoms with Gasteiger partial charge in [-0.05, 0) is 38.2 Å². The summed E-state index contributed by atoms with van der Waals surface area (Å²) in [5.41, 5.74) is 1.19. The zero-order valence-electron chi connectivity index (χ0n) is 10.7. The predicted molar refractivity (Wildman–Crippen MR) is 74.4 cm³/mol. The summed E-state index contributed by atoms with van der Waals surface area (Å²) in [5, 5.41) is 1.55. The number of hydrogen-bond acceptors (Lipinski definition) is 4. The third kappa shape index (κ3) is 1.92. The van der Waals surface area contributed by atoms with E-state index >= 15 is 0 Å². The molecule has 0 amide bonds. The third-order valence-electron chi connectivity index (χ3n) is 3.56. The van der Waals surface area contributed by atoms with E-state index in [0.29, 0.717) is 11.1 Å². The summed E-state index contributed by atoms with van der Waals surface area (Å²) >= 11 is 7.98. The Morgan fingerprint density at radius 3 is 2.67 bits per heavy atom. The lowest BCUT2D eigenvalue weighted by Gasteiger charge is -2.13. The zero-order valence-corrected chi connectivity index (χ0v) is 12.2. The minimum atomic E-state index is -0.00499. The normalized spacial score (nSPS) is 17.3. The highest BCUT2D eigenvalue weighted by Gasteiger charge is 2.35. The van der Waals surface area contributed by atoms with Gasteiger partial charge in [-0.25, -0.2) is 9.97 Å². The number of thiophene rings is 1. The Morgan fingerprint density at radius 2 is 2.06 bits per heavy atom.